The van der Waals surface area contributed by atoms with Crippen molar-refractivity contribution in [2.75, 3.05) is 0 Å². The Balaban J connectivity index is 2.60. The predicted octanol–water partition coefficient (Wildman–Crippen LogP) is 2.93. The number of carbonyl (C=O) groups excluding carboxylic acids is 1. The third kappa shape index (κ3) is 3.96. The SMILES string of the molecule is C=C/C=C(\C=C)C=[O+]Cc1ccc(O)cc1. The van der Waals surface area contributed by atoms with E-state index in [0.29, 0.717) is 6.61 Å². The molecule has 16 heavy (non-hydrogen) atoms. The Hall–Kier alpha value is -2.09. The molecule has 0 atom stereocenters. The van der Waals surface area contributed by atoms with Gasteiger partial charge < -0.3 is 5.11 Å². The second-order valence-corrected chi connectivity index (χ2v) is 3.20. The monoisotopic (exact) mass is 215 g/mol. The molecule has 0 fully saturated rings. The quantitative estimate of drug-likeness (QED) is 0.348. The first kappa shape index (κ1) is 12.0. The van der Waals surface area contributed by atoms with E-state index in [9.17, 15) is 0 Å². The first-order valence-corrected chi connectivity index (χ1v) is 4.94. The molecule has 0 aliphatic carbocycles. The van der Waals surface area contributed by atoms with Crippen molar-refractivity contribution in [1.29, 1.82) is 0 Å². The average molecular weight is 215 g/mol. The summed E-state index contributed by atoms with van der Waals surface area (Å²) in [4.78, 5) is 0. The summed E-state index contributed by atoms with van der Waals surface area (Å²) in [5.74, 6) is 0.256. The van der Waals surface area contributed by atoms with Crippen LogP contribution < -0.4 is 0 Å². The van der Waals surface area contributed by atoms with Gasteiger partial charge in [-0.1, -0.05) is 25.3 Å². The van der Waals surface area contributed by atoms with Crippen LogP contribution in [0.3, 0.4) is 0 Å². The minimum Gasteiger partial charge on any atom is -0.508 e. The first-order chi connectivity index (χ1) is 7.76. The van der Waals surface area contributed by atoms with Gasteiger partial charge in [0.25, 0.3) is 6.61 Å². The molecule has 2 nitrogen and oxygen atoms in total. The van der Waals surface area contributed by atoms with Crippen molar-refractivity contribution >= 4 is 6.29 Å². The van der Waals surface area contributed by atoms with Gasteiger partial charge in [-0.3, -0.25) is 4.42 Å². The molecule has 0 aromatic heterocycles. The standard InChI is InChI=1S/C14H14O2/c1-3-5-12(4-2)10-16-11-13-6-8-14(15)9-7-13/h3-10H,1-2,11H2/p+1/b12-5+. The highest BCUT2D eigenvalue weighted by Gasteiger charge is 1.99. The van der Waals surface area contributed by atoms with E-state index in [1.807, 2.05) is 18.2 Å². The maximum atomic E-state index is 9.10. The fraction of sp³-hybridized carbons (Fsp3) is 0.0714. The van der Waals surface area contributed by atoms with Gasteiger partial charge in [-0.15, -0.1) is 0 Å². The molecule has 1 aromatic rings. The van der Waals surface area contributed by atoms with Crippen LogP contribution in [0.2, 0.25) is 0 Å². The molecule has 0 spiro atoms. The summed E-state index contributed by atoms with van der Waals surface area (Å²) in [7, 11) is 0. The fourth-order valence-electron chi connectivity index (χ4n) is 1.12. The largest absolute Gasteiger partial charge is 0.508 e. The van der Waals surface area contributed by atoms with Gasteiger partial charge in [0.1, 0.15) is 5.75 Å². The molecule has 0 heterocycles. The fourth-order valence-corrected chi connectivity index (χ4v) is 1.12. The summed E-state index contributed by atoms with van der Waals surface area (Å²) in [5.41, 5.74) is 1.87. The molecule has 0 unspecified atom stereocenters. The van der Waals surface area contributed by atoms with Gasteiger partial charge in [0.15, 0.2) is 0 Å². The number of phenolic OH excluding ortho intramolecular Hbond substituents is 1. The number of allylic oxidation sites excluding steroid dienone is 4. The summed E-state index contributed by atoms with van der Waals surface area (Å²) in [5, 5.41) is 9.10. The lowest BCUT2D eigenvalue weighted by atomic mass is 10.2. The smallest absolute Gasteiger partial charge is 0.316 e. The molecule has 0 radical (unpaired) electrons. The first-order valence-electron chi connectivity index (χ1n) is 4.94. The van der Waals surface area contributed by atoms with Crippen LogP contribution in [0.25, 0.3) is 0 Å². The maximum absolute atomic E-state index is 9.10. The minimum absolute atomic E-state index is 0.256. The lowest BCUT2D eigenvalue weighted by Crippen LogP contribution is -1.88. The molecule has 0 saturated heterocycles. The summed E-state index contributed by atoms with van der Waals surface area (Å²) >= 11 is 0. The number of hydrogen-bond donors (Lipinski definition) is 1. The van der Waals surface area contributed by atoms with E-state index in [1.54, 1.807) is 30.6 Å². The third-order valence-corrected chi connectivity index (χ3v) is 1.95. The van der Waals surface area contributed by atoms with E-state index >= 15 is 0 Å². The second kappa shape index (κ2) is 6.40. The maximum Gasteiger partial charge on any atom is 0.316 e. The van der Waals surface area contributed by atoms with E-state index in [4.69, 9.17) is 9.53 Å². The number of phenols is 1. The normalized spacial score (nSPS) is 11.6. The lowest BCUT2D eigenvalue weighted by Gasteiger charge is -1.90. The van der Waals surface area contributed by atoms with Gasteiger partial charge >= 0.3 is 6.29 Å². The van der Waals surface area contributed by atoms with Gasteiger partial charge in [-0.2, -0.15) is 0 Å². The molecule has 0 aliphatic rings. The molecule has 0 amide bonds. The zero-order valence-corrected chi connectivity index (χ0v) is 9.10. The van der Waals surface area contributed by atoms with Crippen LogP contribution in [0.5, 0.6) is 5.75 Å². The van der Waals surface area contributed by atoms with E-state index in [2.05, 4.69) is 13.2 Å². The van der Waals surface area contributed by atoms with Crippen LogP contribution in [0.1, 0.15) is 5.56 Å². The van der Waals surface area contributed by atoms with Crippen molar-refractivity contribution in [2.45, 2.75) is 6.61 Å². The number of aromatic hydroxyl groups is 1. The summed E-state index contributed by atoms with van der Waals surface area (Å²) in [6, 6.07) is 6.89. The Morgan fingerprint density at radius 1 is 1.25 bits per heavy atom. The predicted molar refractivity (Wildman–Crippen MR) is 66.4 cm³/mol. The van der Waals surface area contributed by atoms with Crippen molar-refractivity contribution < 1.29 is 9.53 Å². The Labute approximate surface area is 95.6 Å². The lowest BCUT2D eigenvalue weighted by molar-refractivity contribution is -0.469. The van der Waals surface area contributed by atoms with E-state index in [1.165, 1.54) is 0 Å². The summed E-state index contributed by atoms with van der Waals surface area (Å²) in [6.07, 6.45) is 6.81. The molecule has 0 aliphatic heterocycles. The van der Waals surface area contributed by atoms with E-state index < -0.39 is 0 Å². The topological polar surface area (TPSA) is 31.5 Å². The van der Waals surface area contributed by atoms with Crippen molar-refractivity contribution in [3.63, 3.8) is 0 Å². The molecule has 2 heteroatoms. The summed E-state index contributed by atoms with van der Waals surface area (Å²) < 4.78 is 5.37. The zero-order chi connectivity index (χ0) is 11.8. The zero-order valence-electron chi connectivity index (χ0n) is 9.10. The van der Waals surface area contributed by atoms with E-state index in [0.717, 1.165) is 11.1 Å². The number of rotatable bonds is 5. The van der Waals surface area contributed by atoms with Crippen molar-refractivity contribution in [2.24, 2.45) is 0 Å². The molecule has 1 rings (SSSR count). The molecular formula is C14H15O2+. The van der Waals surface area contributed by atoms with Crippen LogP contribution in [0, 0.1) is 0 Å². The van der Waals surface area contributed by atoms with Crippen molar-refractivity contribution in [3.05, 3.63) is 66.8 Å². The van der Waals surface area contributed by atoms with E-state index in [-0.39, 0.29) is 5.75 Å². The third-order valence-electron chi connectivity index (χ3n) is 1.95. The molecule has 0 saturated carbocycles. The van der Waals surface area contributed by atoms with Crippen LogP contribution in [-0.2, 0) is 11.0 Å². The second-order valence-electron chi connectivity index (χ2n) is 3.20. The molecular weight excluding hydrogens is 200 g/mol. The van der Waals surface area contributed by atoms with Gasteiger partial charge in [-0.25, -0.2) is 0 Å². The molecule has 0 bridgehead atoms. The van der Waals surface area contributed by atoms with Crippen molar-refractivity contribution in [3.8, 4) is 5.75 Å². The van der Waals surface area contributed by atoms with Crippen LogP contribution in [-0.4, -0.2) is 11.4 Å². The molecule has 1 aromatic carbocycles. The van der Waals surface area contributed by atoms with Crippen LogP contribution >= 0.6 is 0 Å². The average Bonchev–Trinajstić information content (AvgIpc) is 2.30. The Kier molecular flexibility index (Phi) is 4.80. The van der Waals surface area contributed by atoms with Gasteiger partial charge in [-0.05, 0) is 30.3 Å². The number of hydrogen-bond acceptors (Lipinski definition) is 1. The summed E-state index contributed by atoms with van der Waals surface area (Å²) in [6.45, 7) is 7.71. The van der Waals surface area contributed by atoms with Crippen LogP contribution in [0.15, 0.2) is 61.2 Å². The highest BCUT2D eigenvalue weighted by Crippen LogP contribution is 2.09. The van der Waals surface area contributed by atoms with Gasteiger partial charge in [0, 0.05) is 5.56 Å². The Morgan fingerprint density at radius 2 is 1.94 bits per heavy atom. The minimum atomic E-state index is 0.256. The van der Waals surface area contributed by atoms with Crippen molar-refractivity contribution in [1.82, 2.24) is 0 Å². The Bertz CT molecular complexity index is 411. The molecule has 1 N–H and O–H groups in total. The van der Waals surface area contributed by atoms with Crippen LogP contribution in [0.4, 0.5) is 0 Å². The Morgan fingerprint density at radius 3 is 2.50 bits per heavy atom. The van der Waals surface area contributed by atoms with Gasteiger partial charge in [0.05, 0.1) is 5.57 Å². The number of aldehydes is 1. The molecule has 82 valence electrons. The van der Waals surface area contributed by atoms with Gasteiger partial charge in [0.2, 0.25) is 0 Å². The highest BCUT2D eigenvalue weighted by molar-refractivity contribution is 5.77. The number of benzene rings is 1. The highest BCUT2D eigenvalue weighted by atomic mass is 16.4.